The molecule has 1 amide bonds. The van der Waals surface area contributed by atoms with Crippen LogP contribution in [0.1, 0.15) is 23.7 Å². The van der Waals surface area contributed by atoms with Gasteiger partial charge in [-0.25, -0.2) is 4.79 Å². The summed E-state index contributed by atoms with van der Waals surface area (Å²) in [4.78, 5) is 22.5. The van der Waals surface area contributed by atoms with Crippen molar-refractivity contribution in [3.63, 3.8) is 0 Å². The van der Waals surface area contributed by atoms with Gasteiger partial charge in [-0.15, -0.1) is 0 Å². The average Bonchev–Trinajstić information content (AvgIpc) is 2.37. The highest BCUT2D eigenvalue weighted by Crippen LogP contribution is 2.09. The highest BCUT2D eigenvalue weighted by molar-refractivity contribution is 5.94. The Kier molecular flexibility index (Phi) is 4.42. The fourth-order valence-corrected chi connectivity index (χ4v) is 1.24. The van der Waals surface area contributed by atoms with Gasteiger partial charge in [0.2, 0.25) is 0 Å². The molecule has 1 aromatic heterocycles. The van der Waals surface area contributed by atoms with E-state index in [9.17, 15) is 9.59 Å². The third-order valence-corrected chi connectivity index (χ3v) is 2.62. The second-order valence-corrected chi connectivity index (χ2v) is 3.75. The molecule has 0 atom stereocenters. The predicted molar refractivity (Wildman–Crippen MR) is 59.6 cm³/mol. The second kappa shape index (κ2) is 5.60. The summed E-state index contributed by atoms with van der Waals surface area (Å²) in [5.74, 6) is -0.515. The Morgan fingerprint density at radius 2 is 2.06 bits per heavy atom. The first-order valence-corrected chi connectivity index (χ1v) is 5.20. The Balaban J connectivity index is 2.84. The van der Waals surface area contributed by atoms with Gasteiger partial charge in [-0.1, -0.05) is 6.92 Å². The molecule has 0 aliphatic rings. The largest absolute Gasteiger partial charge is 0.430 e. The van der Waals surface area contributed by atoms with E-state index in [1.807, 2.05) is 0 Å². The van der Waals surface area contributed by atoms with Crippen LogP contribution in [0.5, 0.6) is 0 Å². The van der Waals surface area contributed by atoms with E-state index in [0.29, 0.717) is 6.42 Å². The molecule has 0 spiro atoms. The van der Waals surface area contributed by atoms with Crippen LogP contribution in [-0.2, 0) is 0 Å². The summed E-state index contributed by atoms with van der Waals surface area (Å²) in [5, 5.41) is 20.9. The zero-order valence-corrected chi connectivity index (χ0v) is 9.47. The molecular formula is C11H15NO5. The van der Waals surface area contributed by atoms with E-state index in [1.165, 1.54) is 6.07 Å². The third kappa shape index (κ3) is 3.15. The van der Waals surface area contributed by atoms with Gasteiger partial charge in [-0.3, -0.25) is 4.79 Å². The standard InChI is InChI=1S/C11H15NO5/c1-2-11(6-13,7-14)12-10(16)8-3-4-9(15)17-5-8/h3-5,13-14H,2,6-7H2,1H3,(H,12,16). The fourth-order valence-electron chi connectivity index (χ4n) is 1.24. The summed E-state index contributed by atoms with van der Waals surface area (Å²) in [5.41, 5.74) is -1.45. The minimum absolute atomic E-state index is 0.157. The third-order valence-electron chi connectivity index (χ3n) is 2.62. The minimum Gasteiger partial charge on any atom is -0.430 e. The first kappa shape index (κ1) is 13.4. The number of rotatable bonds is 5. The zero-order valence-electron chi connectivity index (χ0n) is 9.47. The van der Waals surface area contributed by atoms with Crippen molar-refractivity contribution in [3.8, 4) is 0 Å². The van der Waals surface area contributed by atoms with Gasteiger partial charge in [0.15, 0.2) is 0 Å². The first-order valence-electron chi connectivity index (χ1n) is 5.20. The number of carbonyl (C=O) groups excluding carboxylic acids is 1. The number of hydrogen-bond donors (Lipinski definition) is 3. The molecule has 94 valence electrons. The van der Waals surface area contributed by atoms with Crippen LogP contribution >= 0.6 is 0 Å². The smallest absolute Gasteiger partial charge is 0.335 e. The van der Waals surface area contributed by atoms with Crippen LogP contribution in [0.15, 0.2) is 27.6 Å². The molecule has 6 nitrogen and oxygen atoms in total. The molecule has 1 rings (SSSR count). The topological polar surface area (TPSA) is 99.8 Å². The van der Waals surface area contributed by atoms with Gasteiger partial charge in [-0.2, -0.15) is 0 Å². The highest BCUT2D eigenvalue weighted by Gasteiger charge is 2.29. The van der Waals surface area contributed by atoms with E-state index in [-0.39, 0.29) is 18.8 Å². The molecule has 17 heavy (non-hydrogen) atoms. The summed E-state index contributed by atoms with van der Waals surface area (Å²) < 4.78 is 4.55. The van der Waals surface area contributed by atoms with E-state index in [1.54, 1.807) is 6.92 Å². The molecule has 0 saturated carbocycles. The van der Waals surface area contributed by atoms with Crippen molar-refractivity contribution >= 4 is 5.91 Å². The summed E-state index contributed by atoms with van der Waals surface area (Å²) >= 11 is 0. The number of aliphatic hydroxyl groups is 2. The van der Waals surface area contributed by atoms with Crippen molar-refractivity contribution in [2.75, 3.05) is 13.2 Å². The van der Waals surface area contributed by atoms with E-state index in [4.69, 9.17) is 10.2 Å². The Bertz CT molecular complexity index is 407. The molecule has 0 aliphatic heterocycles. The van der Waals surface area contributed by atoms with Crippen LogP contribution in [0.25, 0.3) is 0 Å². The molecular weight excluding hydrogens is 226 g/mol. The maximum atomic E-state index is 11.8. The van der Waals surface area contributed by atoms with Crippen LogP contribution in [-0.4, -0.2) is 34.9 Å². The Morgan fingerprint density at radius 1 is 1.41 bits per heavy atom. The molecule has 1 aromatic rings. The summed E-state index contributed by atoms with van der Waals surface area (Å²) in [6, 6.07) is 2.44. The predicted octanol–water partition coefficient (Wildman–Crippen LogP) is -0.497. The second-order valence-electron chi connectivity index (χ2n) is 3.75. The van der Waals surface area contributed by atoms with Gasteiger partial charge in [0.1, 0.15) is 6.26 Å². The van der Waals surface area contributed by atoms with Crippen molar-refractivity contribution in [3.05, 3.63) is 34.4 Å². The van der Waals surface area contributed by atoms with Gasteiger partial charge in [0.05, 0.1) is 24.3 Å². The van der Waals surface area contributed by atoms with E-state index in [2.05, 4.69) is 9.73 Å². The zero-order chi connectivity index (χ0) is 12.9. The summed E-state index contributed by atoms with van der Waals surface area (Å²) in [6.45, 7) is 0.989. The number of nitrogens with one attached hydrogen (secondary N) is 1. The van der Waals surface area contributed by atoms with Crippen LogP contribution in [0.4, 0.5) is 0 Å². The van der Waals surface area contributed by atoms with Gasteiger partial charge in [0, 0.05) is 6.07 Å². The Hall–Kier alpha value is -1.66. The number of carbonyl (C=O) groups is 1. The number of amides is 1. The van der Waals surface area contributed by atoms with Gasteiger partial charge in [-0.05, 0) is 12.5 Å². The van der Waals surface area contributed by atoms with Crippen molar-refractivity contribution in [1.82, 2.24) is 5.32 Å². The molecule has 1 heterocycles. The van der Waals surface area contributed by atoms with E-state index >= 15 is 0 Å². The van der Waals surface area contributed by atoms with Crippen LogP contribution in [0.3, 0.4) is 0 Å². The van der Waals surface area contributed by atoms with Crippen LogP contribution in [0.2, 0.25) is 0 Å². The van der Waals surface area contributed by atoms with Gasteiger partial charge < -0.3 is 19.9 Å². The lowest BCUT2D eigenvalue weighted by Crippen LogP contribution is -2.53. The van der Waals surface area contributed by atoms with Crippen molar-refractivity contribution in [1.29, 1.82) is 0 Å². The maximum absolute atomic E-state index is 11.8. The maximum Gasteiger partial charge on any atom is 0.335 e. The molecule has 0 aromatic carbocycles. The minimum atomic E-state index is -1.06. The number of hydrogen-bond acceptors (Lipinski definition) is 5. The lowest BCUT2D eigenvalue weighted by molar-refractivity contribution is 0.0651. The SMILES string of the molecule is CCC(CO)(CO)NC(=O)c1ccc(=O)oc1. The van der Waals surface area contributed by atoms with Crippen LogP contribution < -0.4 is 10.9 Å². The summed E-state index contributed by atoms with van der Waals surface area (Å²) in [7, 11) is 0. The molecule has 0 bridgehead atoms. The van der Waals surface area contributed by atoms with E-state index in [0.717, 1.165) is 12.3 Å². The normalized spacial score (nSPS) is 11.2. The lowest BCUT2D eigenvalue weighted by atomic mass is 9.98. The lowest BCUT2D eigenvalue weighted by Gasteiger charge is -2.29. The monoisotopic (exact) mass is 241 g/mol. The fraction of sp³-hybridized carbons (Fsp3) is 0.455. The van der Waals surface area contributed by atoms with Crippen LogP contribution in [0, 0.1) is 0 Å². The van der Waals surface area contributed by atoms with Crippen molar-refractivity contribution in [2.24, 2.45) is 0 Å². The molecule has 0 fully saturated rings. The molecule has 0 radical (unpaired) electrons. The van der Waals surface area contributed by atoms with Gasteiger partial charge in [0.25, 0.3) is 5.91 Å². The quantitative estimate of drug-likeness (QED) is 0.645. The molecule has 0 saturated heterocycles. The van der Waals surface area contributed by atoms with Crippen molar-refractivity contribution in [2.45, 2.75) is 18.9 Å². The Labute approximate surface area is 97.9 Å². The molecule has 0 aliphatic carbocycles. The van der Waals surface area contributed by atoms with Crippen molar-refractivity contribution < 1.29 is 19.4 Å². The summed E-state index contributed by atoms with van der Waals surface area (Å²) in [6.07, 6.45) is 1.41. The Morgan fingerprint density at radius 3 is 2.47 bits per heavy atom. The molecule has 0 unspecified atom stereocenters. The van der Waals surface area contributed by atoms with E-state index < -0.39 is 17.1 Å². The molecule has 3 N–H and O–H groups in total. The highest BCUT2D eigenvalue weighted by atomic mass is 16.4. The number of aliphatic hydroxyl groups excluding tert-OH is 2. The first-order chi connectivity index (χ1) is 8.06. The van der Waals surface area contributed by atoms with Gasteiger partial charge >= 0.3 is 5.63 Å². The molecule has 6 heteroatoms. The average molecular weight is 241 g/mol.